The number of nitrogens with one attached hydrogen (secondary N) is 1. The van der Waals surface area contributed by atoms with Gasteiger partial charge in [-0.3, -0.25) is 19.9 Å². The number of likely N-dealkylation sites (N-methyl/N-ethyl adjacent to an activating group) is 1. The molecular weight excluding hydrogens is 346 g/mol. The number of rotatable bonds is 4. The third-order valence-electron chi connectivity index (χ3n) is 5.81. The summed E-state index contributed by atoms with van der Waals surface area (Å²) in [4.78, 5) is 33.3. The summed E-state index contributed by atoms with van der Waals surface area (Å²) in [5.41, 5.74) is 2.37. The highest BCUT2D eigenvalue weighted by atomic mass is 16.5. The average molecular weight is 373 g/mol. The molecule has 0 saturated carbocycles. The Balaban J connectivity index is 1.64. The lowest BCUT2D eigenvalue weighted by molar-refractivity contribution is -0.139. The summed E-state index contributed by atoms with van der Waals surface area (Å²) in [5.74, 6) is -0.137. The zero-order valence-corrected chi connectivity index (χ0v) is 16.1. The number of aryl methyl sites for hydroxylation is 1. The van der Waals surface area contributed by atoms with E-state index >= 15 is 0 Å². The lowest BCUT2D eigenvalue weighted by atomic mass is 10.1. The molecule has 3 aliphatic heterocycles. The SMILES string of the molecule is COCCN1C(=O)C2C(NC3N(c4ccccc4C)CCCN23)N(C)C1=O. The molecule has 3 aliphatic rings. The Labute approximate surface area is 159 Å². The molecule has 3 atom stereocenters. The maximum atomic E-state index is 13.2. The zero-order valence-electron chi connectivity index (χ0n) is 16.1. The summed E-state index contributed by atoms with van der Waals surface area (Å²) in [7, 11) is 3.33. The van der Waals surface area contributed by atoms with Crippen LogP contribution < -0.4 is 10.2 Å². The minimum atomic E-state index is -0.374. The predicted octanol–water partition coefficient (Wildman–Crippen LogP) is 0.629. The first kappa shape index (κ1) is 18.2. The number of para-hydroxylation sites is 1. The van der Waals surface area contributed by atoms with Crippen LogP contribution in [0.2, 0.25) is 0 Å². The number of anilines is 1. The van der Waals surface area contributed by atoms with Crippen molar-refractivity contribution in [2.45, 2.75) is 31.8 Å². The van der Waals surface area contributed by atoms with Gasteiger partial charge in [0.2, 0.25) is 0 Å². The molecule has 3 unspecified atom stereocenters. The first-order valence-corrected chi connectivity index (χ1v) is 9.46. The third kappa shape index (κ3) is 2.88. The Kier molecular flexibility index (Phi) is 4.79. The Morgan fingerprint density at radius 3 is 2.74 bits per heavy atom. The first-order chi connectivity index (χ1) is 13.0. The molecule has 8 heteroatoms. The molecule has 146 valence electrons. The quantitative estimate of drug-likeness (QED) is 0.835. The Bertz CT molecular complexity index is 742. The lowest BCUT2D eigenvalue weighted by Gasteiger charge is -2.44. The topological polar surface area (TPSA) is 68.4 Å². The van der Waals surface area contributed by atoms with E-state index in [1.807, 2.05) is 12.1 Å². The minimum Gasteiger partial charge on any atom is -0.383 e. The van der Waals surface area contributed by atoms with Crippen molar-refractivity contribution >= 4 is 17.6 Å². The van der Waals surface area contributed by atoms with E-state index in [2.05, 4.69) is 34.2 Å². The molecule has 0 aliphatic carbocycles. The number of fused-ring (bicyclic) bond motifs is 3. The number of carbonyl (C=O) groups is 2. The van der Waals surface area contributed by atoms with Gasteiger partial charge in [0.1, 0.15) is 18.5 Å². The molecular formula is C19H27N5O3. The van der Waals surface area contributed by atoms with Crippen LogP contribution in [0, 0.1) is 6.92 Å². The van der Waals surface area contributed by atoms with Gasteiger partial charge in [-0.25, -0.2) is 4.79 Å². The average Bonchev–Trinajstić information content (AvgIpc) is 3.07. The van der Waals surface area contributed by atoms with E-state index in [1.165, 1.54) is 10.5 Å². The molecule has 3 amide bonds. The third-order valence-corrected chi connectivity index (χ3v) is 5.81. The fraction of sp³-hybridized carbons (Fsp3) is 0.579. The van der Waals surface area contributed by atoms with E-state index in [1.54, 1.807) is 19.1 Å². The first-order valence-electron chi connectivity index (χ1n) is 9.46. The second-order valence-corrected chi connectivity index (χ2v) is 7.38. The Morgan fingerprint density at radius 2 is 2.00 bits per heavy atom. The van der Waals surface area contributed by atoms with Crippen molar-refractivity contribution in [3.63, 3.8) is 0 Å². The number of carbonyl (C=O) groups excluding carboxylic acids is 2. The van der Waals surface area contributed by atoms with Crippen molar-refractivity contribution in [2.75, 3.05) is 45.3 Å². The second-order valence-electron chi connectivity index (χ2n) is 7.38. The highest BCUT2D eigenvalue weighted by Gasteiger charge is 2.56. The maximum absolute atomic E-state index is 13.2. The van der Waals surface area contributed by atoms with E-state index in [4.69, 9.17) is 4.74 Å². The summed E-state index contributed by atoms with van der Waals surface area (Å²) in [6.07, 6.45) is 0.550. The van der Waals surface area contributed by atoms with Crippen molar-refractivity contribution in [1.29, 1.82) is 0 Å². The van der Waals surface area contributed by atoms with Gasteiger partial charge in [-0.15, -0.1) is 0 Å². The van der Waals surface area contributed by atoms with E-state index in [0.717, 1.165) is 25.2 Å². The summed E-state index contributed by atoms with van der Waals surface area (Å²) in [5, 5.41) is 3.54. The van der Waals surface area contributed by atoms with E-state index in [9.17, 15) is 9.59 Å². The number of methoxy groups -OCH3 is 1. The molecule has 1 N–H and O–H groups in total. The van der Waals surface area contributed by atoms with Crippen molar-refractivity contribution in [2.24, 2.45) is 0 Å². The predicted molar refractivity (Wildman–Crippen MR) is 101 cm³/mol. The van der Waals surface area contributed by atoms with Crippen LogP contribution in [0.4, 0.5) is 10.5 Å². The number of imide groups is 1. The van der Waals surface area contributed by atoms with Gasteiger partial charge in [-0.1, -0.05) is 18.2 Å². The molecule has 3 saturated heterocycles. The van der Waals surface area contributed by atoms with Crippen LogP contribution in [0.5, 0.6) is 0 Å². The zero-order chi connectivity index (χ0) is 19.1. The minimum absolute atomic E-state index is 0.101. The highest BCUT2D eigenvalue weighted by Crippen LogP contribution is 2.33. The van der Waals surface area contributed by atoms with Gasteiger partial charge >= 0.3 is 6.03 Å². The molecule has 3 fully saturated rings. The number of benzene rings is 1. The van der Waals surface area contributed by atoms with Gasteiger partial charge < -0.3 is 14.5 Å². The standard InChI is InChI=1S/C19H27N5O3/c1-13-7-4-5-8-14(13)22-9-6-10-23-15-16(20-18(22)23)21(2)19(26)24(17(15)25)11-12-27-3/h4-5,7-8,15-16,18,20H,6,9-12H2,1-3H3. The summed E-state index contributed by atoms with van der Waals surface area (Å²) in [6.45, 7) is 4.46. The molecule has 0 bridgehead atoms. The van der Waals surface area contributed by atoms with E-state index < -0.39 is 0 Å². The van der Waals surface area contributed by atoms with Crippen LogP contribution in [-0.4, -0.2) is 85.5 Å². The summed E-state index contributed by atoms with van der Waals surface area (Å²) < 4.78 is 5.08. The van der Waals surface area contributed by atoms with Crippen LogP contribution in [0.15, 0.2) is 24.3 Å². The summed E-state index contributed by atoms with van der Waals surface area (Å²) in [6, 6.07) is 7.64. The molecule has 3 heterocycles. The fourth-order valence-corrected chi connectivity index (χ4v) is 4.44. The van der Waals surface area contributed by atoms with Gasteiger partial charge in [-0.05, 0) is 25.0 Å². The Morgan fingerprint density at radius 1 is 1.22 bits per heavy atom. The van der Waals surface area contributed by atoms with Crippen LogP contribution in [0.3, 0.4) is 0 Å². The molecule has 0 radical (unpaired) electrons. The highest BCUT2D eigenvalue weighted by molar-refractivity contribution is 6.00. The number of hydrogen-bond donors (Lipinski definition) is 1. The van der Waals surface area contributed by atoms with Gasteiger partial charge in [0.05, 0.1) is 13.2 Å². The van der Waals surface area contributed by atoms with Crippen molar-refractivity contribution < 1.29 is 14.3 Å². The fourth-order valence-electron chi connectivity index (χ4n) is 4.44. The lowest BCUT2D eigenvalue weighted by Crippen LogP contribution is -2.66. The molecule has 0 spiro atoms. The molecule has 4 rings (SSSR count). The number of urea groups is 1. The molecule has 1 aromatic carbocycles. The second kappa shape index (κ2) is 7.10. The number of ether oxygens (including phenoxy) is 1. The molecule has 0 aromatic heterocycles. The largest absolute Gasteiger partial charge is 0.383 e. The summed E-state index contributed by atoms with van der Waals surface area (Å²) >= 11 is 0. The van der Waals surface area contributed by atoms with Crippen LogP contribution >= 0.6 is 0 Å². The smallest absolute Gasteiger partial charge is 0.327 e. The van der Waals surface area contributed by atoms with Crippen molar-refractivity contribution in [3.05, 3.63) is 29.8 Å². The normalized spacial score (nSPS) is 28.6. The van der Waals surface area contributed by atoms with Crippen LogP contribution in [0.1, 0.15) is 12.0 Å². The van der Waals surface area contributed by atoms with Gasteiger partial charge in [0.25, 0.3) is 5.91 Å². The monoisotopic (exact) mass is 373 g/mol. The van der Waals surface area contributed by atoms with Crippen molar-refractivity contribution in [3.8, 4) is 0 Å². The van der Waals surface area contributed by atoms with Crippen LogP contribution in [0.25, 0.3) is 0 Å². The number of amides is 3. The van der Waals surface area contributed by atoms with Crippen LogP contribution in [-0.2, 0) is 9.53 Å². The number of nitrogens with zero attached hydrogens (tertiary/aromatic N) is 4. The molecule has 27 heavy (non-hydrogen) atoms. The van der Waals surface area contributed by atoms with E-state index in [-0.39, 0.29) is 37.0 Å². The Hall–Kier alpha value is -2.16. The van der Waals surface area contributed by atoms with E-state index in [0.29, 0.717) is 6.61 Å². The van der Waals surface area contributed by atoms with Gasteiger partial charge in [0, 0.05) is 32.9 Å². The van der Waals surface area contributed by atoms with Gasteiger partial charge in [-0.2, -0.15) is 0 Å². The van der Waals surface area contributed by atoms with Gasteiger partial charge in [0.15, 0.2) is 0 Å². The molecule has 1 aromatic rings. The molecule has 8 nitrogen and oxygen atoms in total. The number of hydrogen-bond acceptors (Lipinski definition) is 6. The maximum Gasteiger partial charge on any atom is 0.327 e. The van der Waals surface area contributed by atoms with Crippen molar-refractivity contribution in [1.82, 2.24) is 20.0 Å².